The number of carbonyl (C=O) groups is 1. The molecule has 1 saturated heterocycles. The van der Waals surface area contributed by atoms with Gasteiger partial charge < -0.3 is 14.6 Å². The van der Waals surface area contributed by atoms with Crippen LogP contribution in [0.25, 0.3) is 0 Å². The van der Waals surface area contributed by atoms with Crippen LogP contribution in [0.5, 0.6) is 0 Å². The number of amides is 1. The molecular weight excluding hydrogens is 405 g/mol. The van der Waals surface area contributed by atoms with Crippen LogP contribution in [0.1, 0.15) is 31.2 Å². The SMILES string of the molecule is Cc1nc(SC(C)C(=O)Nc2cc(Cl)ccc2Cl)n(CC2CCCO2)c1C. The van der Waals surface area contributed by atoms with Crippen molar-refractivity contribution in [3.63, 3.8) is 0 Å². The van der Waals surface area contributed by atoms with Gasteiger partial charge in [-0.2, -0.15) is 0 Å². The topological polar surface area (TPSA) is 56.2 Å². The first kappa shape index (κ1) is 20.5. The van der Waals surface area contributed by atoms with Gasteiger partial charge >= 0.3 is 0 Å². The molecule has 0 spiro atoms. The largest absolute Gasteiger partial charge is 0.376 e. The number of anilines is 1. The highest BCUT2D eigenvalue weighted by molar-refractivity contribution is 8.00. The number of nitrogens with one attached hydrogen (secondary N) is 1. The molecule has 2 aromatic rings. The van der Waals surface area contributed by atoms with Crippen LogP contribution in [0.4, 0.5) is 5.69 Å². The Kier molecular flexibility index (Phi) is 6.74. The minimum Gasteiger partial charge on any atom is -0.376 e. The van der Waals surface area contributed by atoms with Gasteiger partial charge in [0.05, 0.1) is 34.3 Å². The lowest BCUT2D eigenvalue weighted by Crippen LogP contribution is -2.24. The summed E-state index contributed by atoms with van der Waals surface area (Å²) in [6, 6.07) is 5.00. The zero-order valence-electron chi connectivity index (χ0n) is 15.6. The summed E-state index contributed by atoms with van der Waals surface area (Å²) in [6.45, 7) is 7.48. The van der Waals surface area contributed by atoms with Crippen molar-refractivity contribution in [1.29, 1.82) is 0 Å². The van der Waals surface area contributed by atoms with Crippen molar-refractivity contribution in [3.8, 4) is 0 Å². The van der Waals surface area contributed by atoms with E-state index in [1.54, 1.807) is 18.2 Å². The van der Waals surface area contributed by atoms with Crippen LogP contribution < -0.4 is 5.32 Å². The van der Waals surface area contributed by atoms with Crippen molar-refractivity contribution < 1.29 is 9.53 Å². The van der Waals surface area contributed by atoms with Gasteiger partial charge in [0.2, 0.25) is 5.91 Å². The fraction of sp³-hybridized carbons (Fsp3) is 0.474. The van der Waals surface area contributed by atoms with Gasteiger partial charge in [0, 0.05) is 17.3 Å². The standard InChI is InChI=1S/C19H23Cl2N3O2S/c1-11-12(2)24(10-15-5-4-8-26-15)19(22-11)27-13(3)18(25)23-17-9-14(20)6-7-16(17)21/h6-7,9,13,15H,4-5,8,10H2,1-3H3,(H,23,25). The molecule has 146 valence electrons. The Morgan fingerprint density at radius 3 is 2.93 bits per heavy atom. The third-order valence-electron chi connectivity index (χ3n) is 4.67. The van der Waals surface area contributed by atoms with E-state index in [-0.39, 0.29) is 17.3 Å². The molecule has 1 aliphatic heterocycles. The van der Waals surface area contributed by atoms with Gasteiger partial charge in [-0.1, -0.05) is 35.0 Å². The number of rotatable bonds is 6. The average molecular weight is 428 g/mol. The monoisotopic (exact) mass is 427 g/mol. The van der Waals surface area contributed by atoms with Gasteiger partial charge in [0.25, 0.3) is 0 Å². The van der Waals surface area contributed by atoms with Gasteiger partial charge in [-0.05, 0) is 51.8 Å². The van der Waals surface area contributed by atoms with E-state index in [2.05, 4.69) is 21.8 Å². The van der Waals surface area contributed by atoms with E-state index in [9.17, 15) is 4.79 Å². The number of carbonyl (C=O) groups excluding carboxylic acids is 1. The average Bonchev–Trinajstić information content (AvgIpc) is 3.22. The maximum Gasteiger partial charge on any atom is 0.237 e. The molecule has 0 aliphatic carbocycles. The molecular formula is C19H23Cl2N3O2S. The minimum atomic E-state index is -0.343. The van der Waals surface area contributed by atoms with Gasteiger partial charge in [0.15, 0.2) is 5.16 Å². The molecule has 1 aromatic carbocycles. The van der Waals surface area contributed by atoms with E-state index in [0.717, 1.165) is 42.5 Å². The second-order valence-electron chi connectivity index (χ2n) is 6.68. The van der Waals surface area contributed by atoms with Gasteiger partial charge in [-0.15, -0.1) is 0 Å². The molecule has 27 heavy (non-hydrogen) atoms. The predicted octanol–water partition coefficient (Wildman–Crippen LogP) is 5.11. The van der Waals surface area contributed by atoms with Crippen LogP contribution in [0.3, 0.4) is 0 Å². The van der Waals surface area contributed by atoms with Crippen molar-refractivity contribution in [3.05, 3.63) is 39.6 Å². The first-order valence-electron chi connectivity index (χ1n) is 8.93. The van der Waals surface area contributed by atoms with Crippen LogP contribution in [0.15, 0.2) is 23.4 Å². The summed E-state index contributed by atoms with van der Waals surface area (Å²) < 4.78 is 7.93. The van der Waals surface area contributed by atoms with E-state index in [0.29, 0.717) is 15.7 Å². The van der Waals surface area contributed by atoms with E-state index in [4.69, 9.17) is 27.9 Å². The van der Waals surface area contributed by atoms with Gasteiger partial charge in [0.1, 0.15) is 0 Å². The Labute approximate surface area is 173 Å². The summed E-state index contributed by atoms with van der Waals surface area (Å²) in [5, 5.41) is 4.31. The number of imidazole rings is 1. The van der Waals surface area contributed by atoms with Crippen LogP contribution in [-0.2, 0) is 16.1 Å². The predicted molar refractivity (Wildman–Crippen MR) is 111 cm³/mol. The lowest BCUT2D eigenvalue weighted by atomic mass is 10.2. The second-order valence-corrected chi connectivity index (χ2v) is 8.84. The van der Waals surface area contributed by atoms with Gasteiger partial charge in [-0.3, -0.25) is 4.79 Å². The smallest absolute Gasteiger partial charge is 0.237 e. The molecule has 5 nitrogen and oxygen atoms in total. The zero-order valence-corrected chi connectivity index (χ0v) is 17.9. The molecule has 1 amide bonds. The van der Waals surface area contributed by atoms with Crippen LogP contribution in [0.2, 0.25) is 10.0 Å². The lowest BCUT2D eigenvalue weighted by Gasteiger charge is -2.17. The zero-order chi connectivity index (χ0) is 19.6. The van der Waals surface area contributed by atoms with E-state index >= 15 is 0 Å². The van der Waals surface area contributed by atoms with Crippen LogP contribution in [0, 0.1) is 13.8 Å². The highest BCUT2D eigenvalue weighted by atomic mass is 35.5. The molecule has 0 saturated carbocycles. The molecule has 8 heteroatoms. The molecule has 1 fully saturated rings. The Morgan fingerprint density at radius 1 is 1.44 bits per heavy atom. The summed E-state index contributed by atoms with van der Waals surface area (Å²) in [7, 11) is 0. The highest BCUT2D eigenvalue weighted by Gasteiger charge is 2.23. The maximum atomic E-state index is 12.6. The molecule has 2 unspecified atom stereocenters. The Balaban J connectivity index is 1.71. The summed E-state index contributed by atoms with van der Waals surface area (Å²) in [5.74, 6) is -0.147. The number of aromatic nitrogens is 2. The van der Waals surface area contributed by atoms with Crippen LogP contribution in [-0.4, -0.2) is 33.4 Å². The quantitative estimate of drug-likeness (QED) is 0.650. The van der Waals surface area contributed by atoms with E-state index in [1.807, 2.05) is 13.8 Å². The molecule has 0 bridgehead atoms. The summed E-state index contributed by atoms with van der Waals surface area (Å²) in [5.41, 5.74) is 2.59. The molecule has 1 N–H and O–H groups in total. The second kappa shape index (κ2) is 8.86. The fourth-order valence-corrected chi connectivity index (χ4v) is 4.31. The molecule has 3 rings (SSSR count). The first-order valence-corrected chi connectivity index (χ1v) is 10.6. The van der Waals surface area contributed by atoms with Crippen molar-refractivity contribution >= 4 is 46.6 Å². The summed E-state index contributed by atoms with van der Waals surface area (Å²) in [6.07, 6.45) is 2.37. The normalized spacial score (nSPS) is 17.9. The Morgan fingerprint density at radius 2 is 2.22 bits per heavy atom. The number of benzene rings is 1. The lowest BCUT2D eigenvalue weighted by molar-refractivity contribution is -0.115. The van der Waals surface area contributed by atoms with E-state index < -0.39 is 0 Å². The number of hydrogen-bond donors (Lipinski definition) is 1. The molecule has 2 heterocycles. The maximum absolute atomic E-state index is 12.6. The van der Waals surface area contributed by atoms with Crippen LogP contribution >= 0.6 is 35.0 Å². The number of ether oxygens (including phenoxy) is 1. The minimum absolute atomic E-state index is 0.147. The fourth-order valence-electron chi connectivity index (χ4n) is 2.96. The first-order chi connectivity index (χ1) is 12.8. The number of aryl methyl sites for hydroxylation is 1. The summed E-state index contributed by atoms with van der Waals surface area (Å²) in [4.78, 5) is 17.3. The van der Waals surface area contributed by atoms with Crippen molar-refractivity contribution in [2.75, 3.05) is 11.9 Å². The molecule has 0 radical (unpaired) electrons. The van der Waals surface area contributed by atoms with Crippen molar-refractivity contribution in [2.45, 2.75) is 56.7 Å². The Bertz CT molecular complexity index is 835. The highest BCUT2D eigenvalue weighted by Crippen LogP contribution is 2.30. The summed E-state index contributed by atoms with van der Waals surface area (Å²) >= 11 is 13.6. The number of hydrogen-bond acceptors (Lipinski definition) is 4. The molecule has 2 atom stereocenters. The Hall–Kier alpha value is -1.21. The third kappa shape index (κ3) is 4.99. The molecule has 1 aromatic heterocycles. The number of thioether (sulfide) groups is 1. The van der Waals surface area contributed by atoms with Crippen molar-refractivity contribution in [1.82, 2.24) is 9.55 Å². The van der Waals surface area contributed by atoms with E-state index in [1.165, 1.54) is 11.8 Å². The number of nitrogens with zero attached hydrogens (tertiary/aromatic N) is 2. The number of halogens is 2. The van der Waals surface area contributed by atoms with Crippen molar-refractivity contribution in [2.24, 2.45) is 0 Å². The van der Waals surface area contributed by atoms with Gasteiger partial charge in [-0.25, -0.2) is 4.98 Å². The molecule has 1 aliphatic rings. The third-order valence-corrected chi connectivity index (χ3v) is 6.33.